The van der Waals surface area contributed by atoms with Gasteiger partial charge in [0.1, 0.15) is 0 Å². The van der Waals surface area contributed by atoms with Gasteiger partial charge in [0.05, 0.1) is 5.52 Å². The van der Waals surface area contributed by atoms with Gasteiger partial charge in [-0.05, 0) is 38.1 Å². The predicted molar refractivity (Wildman–Crippen MR) is 97.5 cm³/mol. The summed E-state index contributed by atoms with van der Waals surface area (Å²) in [4.78, 5) is 14.6. The van der Waals surface area contributed by atoms with Crippen LogP contribution in [0.15, 0.2) is 48.5 Å². The highest BCUT2D eigenvalue weighted by molar-refractivity contribution is 6.04. The van der Waals surface area contributed by atoms with Crippen molar-refractivity contribution < 1.29 is 4.79 Å². The molecule has 0 aliphatic heterocycles. The maximum Gasteiger partial charge on any atom is 0.272 e. The fourth-order valence-electron chi connectivity index (χ4n) is 2.68. The van der Waals surface area contributed by atoms with Gasteiger partial charge in [-0.1, -0.05) is 29.8 Å². The molecule has 24 heavy (non-hydrogen) atoms. The third kappa shape index (κ3) is 3.25. The molecule has 2 aromatic carbocycles. The minimum Gasteiger partial charge on any atom is -0.370 e. The summed E-state index contributed by atoms with van der Waals surface area (Å²) in [7, 11) is 2.03. The number of likely N-dealkylation sites (N-methyl/N-ethyl adjacent to an activating group) is 1. The molecule has 0 saturated heterocycles. The number of anilines is 1. The van der Waals surface area contributed by atoms with Crippen molar-refractivity contribution >= 4 is 22.5 Å². The number of aromatic nitrogens is 2. The number of rotatable bonds is 5. The van der Waals surface area contributed by atoms with Crippen LogP contribution in [0.25, 0.3) is 10.9 Å². The average Bonchev–Trinajstić information content (AvgIpc) is 3.02. The third-order valence-electron chi connectivity index (χ3n) is 4.32. The molecule has 1 heterocycles. The first-order valence-corrected chi connectivity index (χ1v) is 8.07. The van der Waals surface area contributed by atoms with Gasteiger partial charge in [0.25, 0.3) is 5.91 Å². The number of hydrogen-bond donors (Lipinski definition) is 2. The molecule has 0 fully saturated rings. The number of H-pyrrole nitrogens is 1. The lowest BCUT2D eigenvalue weighted by atomic mass is 10.1. The first-order chi connectivity index (χ1) is 11.6. The van der Waals surface area contributed by atoms with Gasteiger partial charge < -0.3 is 10.2 Å². The lowest BCUT2D eigenvalue weighted by Crippen LogP contribution is -2.40. The molecule has 2 N–H and O–H groups in total. The second-order valence-electron chi connectivity index (χ2n) is 6.13. The van der Waals surface area contributed by atoms with E-state index in [9.17, 15) is 4.79 Å². The molecule has 0 spiro atoms. The summed E-state index contributed by atoms with van der Waals surface area (Å²) in [6.45, 7) is 4.63. The van der Waals surface area contributed by atoms with E-state index in [0.717, 1.165) is 22.2 Å². The zero-order chi connectivity index (χ0) is 17.1. The number of carbonyl (C=O) groups excluding carboxylic acids is 1. The maximum absolute atomic E-state index is 12.5. The number of aryl methyl sites for hydroxylation is 1. The van der Waals surface area contributed by atoms with Crippen LogP contribution in [0.3, 0.4) is 0 Å². The summed E-state index contributed by atoms with van der Waals surface area (Å²) < 4.78 is 0. The van der Waals surface area contributed by atoms with Gasteiger partial charge >= 0.3 is 0 Å². The van der Waals surface area contributed by atoms with Crippen molar-refractivity contribution in [2.24, 2.45) is 0 Å². The van der Waals surface area contributed by atoms with Crippen molar-refractivity contribution in [2.75, 3.05) is 18.5 Å². The first kappa shape index (κ1) is 16.1. The summed E-state index contributed by atoms with van der Waals surface area (Å²) in [5, 5.41) is 10.9. The van der Waals surface area contributed by atoms with E-state index in [-0.39, 0.29) is 11.9 Å². The van der Waals surface area contributed by atoms with Crippen LogP contribution in [0.5, 0.6) is 0 Å². The van der Waals surface area contributed by atoms with Crippen LogP contribution in [0.2, 0.25) is 0 Å². The van der Waals surface area contributed by atoms with Crippen molar-refractivity contribution in [1.82, 2.24) is 15.5 Å². The fraction of sp³-hybridized carbons (Fsp3) is 0.263. The van der Waals surface area contributed by atoms with E-state index in [2.05, 4.69) is 39.5 Å². The highest BCUT2D eigenvalue weighted by Crippen LogP contribution is 2.18. The first-order valence-electron chi connectivity index (χ1n) is 8.07. The van der Waals surface area contributed by atoms with Crippen molar-refractivity contribution in [3.05, 3.63) is 59.8 Å². The second kappa shape index (κ2) is 6.74. The van der Waals surface area contributed by atoms with Crippen LogP contribution in [-0.4, -0.2) is 35.7 Å². The number of nitrogens with zero attached hydrogens (tertiary/aromatic N) is 2. The monoisotopic (exact) mass is 322 g/mol. The topological polar surface area (TPSA) is 61.0 Å². The number of para-hydroxylation sites is 1. The molecule has 124 valence electrons. The second-order valence-corrected chi connectivity index (χ2v) is 6.13. The Hall–Kier alpha value is -2.82. The quantitative estimate of drug-likeness (QED) is 0.759. The van der Waals surface area contributed by atoms with Crippen molar-refractivity contribution in [1.29, 1.82) is 0 Å². The molecule has 5 nitrogen and oxygen atoms in total. The molecule has 0 radical (unpaired) electrons. The van der Waals surface area contributed by atoms with Crippen molar-refractivity contribution in [3.8, 4) is 0 Å². The fourth-order valence-corrected chi connectivity index (χ4v) is 2.68. The van der Waals surface area contributed by atoms with E-state index in [1.165, 1.54) is 0 Å². The van der Waals surface area contributed by atoms with E-state index < -0.39 is 0 Å². The smallest absolute Gasteiger partial charge is 0.272 e. The molecule has 3 aromatic rings. The van der Waals surface area contributed by atoms with Crippen LogP contribution < -0.4 is 10.2 Å². The SMILES string of the molecule is Cc1ccc2[nH]nc(C(=O)NCC(C)N(C)c3ccccc3)c2c1. The third-order valence-corrected chi connectivity index (χ3v) is 4.32. The Balaban J connectivity index is 1.67. The van der Waals surface area contributed by atoms with Gasteiger partial charge in [-0.15, -0.1) is 0 Å². The lowest BCUT2D eigenvalue weighted by Gasteiger charge is -2.27. The van der Waals surface area contributed by atoms with E-state index in [0.29, 0.717) is 12.2 Å². The van der Waals surface area contributed by atoms with Crippen molar-refractivity contribution in [2.45, 2.75) is 19.9 Å². The number of nitrogens with one attached hydrogen (secondary N) is 2. The zero-order valence-corrected chi connectivity index (χ0v) is 14.2. The van der Waals surface area contributed by atoms with Crippen LogP contribution in [0, 0.1) is 6.92 Å². The lowest BCUT2D eigenvalue weighted by molar-refractivity contribution is 0.0948. The Morgan fingerprint density at radius 1 is 1.25 bits per heavy atom. The Kier molecular flexibility index (Phi) is 4.51. The number of amides is 1. The van der Waals surface area contributed by atoms with Crippen LogP contribution in [0.4, 0.5) is 5.69 Å². The van der Waals surface area contributed by atoms with Gasteiger partial charge in [0.2, 0.25) is 0 Å². The molecule has 3 rings (SSSR count). The average molecular weight is 322 g/mol. The highest BCUT2D eigenvalue weighted by atomic mass is 16.1. The van der Waals surface area contributed by atoms with Crippen molar-refractivity contribution in [3.63, 3.8) is 0 Å². The maximum atomic E-state index is 12.5. The van der Waals surface area contributed by atoms with E-state index >= 15 is 0 Å². The number of benzene rings is 2. The molecule has 5 heteroatoms. The minimum absolute atomic E-state index is 0.153. The molecular weight excluding hydrogens is 300 g/mol. The summed E-state index contributed by atoms with van der Waals surface area (Å²) >= 11 is 0. The van der Waals surface area contributed by atoms with Crippen LogP contribution in [-0.2, 0) is 0 Å². The summed E-state index contributed by atoms with van der Waals surface area (Å²) in [6.07, 6.45) is 0. The number of carbonyl (C=O) groups is 1. The zero-order valence-electron chi connectivity index (χ0n) is 14.2. The molecule has 0 aliphatic carbocycles. The standard InChI is InChI=1S/C19H22N4O/c1-13-9-10-17-16(11-13)18(22-21-17)19(24)20-12-14(2)23(3)15-7-5-4-6-8-15/h4-11,14H,12H2,1-3H3,(H,20,24)(H,21,22). The molecule has 1 atom stereocenters. The summed E-state index contributed by atoms with van der Waals surface area (Å²) in [5.41, 5.74) is 3.55. The molecule has 0 bridgehead atoms. The Morgan fingerprint density at radius 3 is 2.75 bits per heavy atom. The van der Waals surface area contributed by atoms with Crippen LogP contribution in [0.1, 0.15) is 23.0 Å². The molecule has 1 amide bonds. The van der Waals surface area contributed by atoms with Gasteiger partial charge in [-0.25, -0.2) is 0 Å². The molecule has 0 aliphatic rings. The molecule has 1 unspecified atom stereocenters. The van der Waals surface area contributed by atoms with Crippen LogP contribution >= 0.6 is 0 Å². The Morgan fingerprint density at radius 2 is 2.00 bits per heavy atom. The van der Waals surface area contributed by atoms with E-state index in [4.69, 9.17) is 0 Å². The predicted octanol–water partition coefficient (Wildman–Crippen LogP) is 3.13. The highest BCUT2D eigenvalue weighted by Gasteiger charge is 2.16. The largest absolute Gasteiger partial charge is 0.370 e. The number of aromatic amines is 1. The van der Waals surface area contributed by atoms with Gasteiger partial charge in [-0.2, -0.15) is 5.10 Å². The molecule has 0 saturated carbocycles. The number of hydrogen-bond acceptors (Lipinski definition) is 3. The van der Waals surface area contributed by atoms with Gasteiger partial charge in [0, 0.05) is 30.7 Å². The Bertz CT molecular complexity index is 841. The van der Waals surface area contributed by atoms with E-state index in [1.54, 1.807) is 0 Å². The summed E-state index contributed by atoms with van der Waals surface area (Å²) in [6, 6.07) is 16.2. The number of fused-ring (bicyclic) bond motifs is 1. The summed E-state index contributed by atoms with van der Waals surface area (Å²) in [5.74, 6) is -0.153. The van der Waals surface area contributed by atoms with E-state index in [1.807, 2.05) is 50.4 Å². The van der Waals surface area contributed by atoms with Gasteiger partial charge in [-0.3, -0.25) is 9.89 Å². The normalized spacial score (nSPS) is 12.1. The molecular formula is C19H22N4O. The minimum atomic E-state index is -0.153. The molecule has 1 aromatic heterocycles. The van der Waals surface area contributed by atoms with Gasteiger partial charge in [0.15, 0.2) is 5.69 Å². The Labute approximate surface area is 141 Å².